The molecule has 2 aromatic carbocycles. The van der Waals surface area contributed by atoms with E-state index in [9.17, 15) is 14.0 Å². The highest BCUT2D eigenvalue weighted by atomic mass is 19.1. The van der Waals surface area contributed by atoms with E-state index in [4.69, 9.17) is 9.15 Å². The Kier molecular flexibility index (Phi) is 7.00. The van der Waals surface area contributed by atoms with Crippen LogP contribution in [0.1, 0.15) is 42.3 Å². The number of ether oxygens (including phenoxy) is 1. The van der Waals surface area contributed by atoms with E-state index in [0.717, 1.165) is 38.9 Å². The second-order valence-electron chi connectivity index (χ2n) is 8.28. The van der Waals surface area contributed by atoms with Gasteiger partial charge in [-0.15, -0.1) is 0 Å². The van der Waals surface area contributed by atoms with Crippen molar-refractivity contribution in [1.29, 1.82) is 0 Å². The van der Waals surface area contributed by atoms with Crippen molar-refractivity contribution in [3.05, 3.63) is 75.9 Å². The van der Waals surface area contributed by atoms with Crippen LogP contribution in [0.5, 0.6) is 5.75 Å². The molecule has 0 bridgehead atoms. The molecule has 2 heterocycles. The maximum Gasteiger partial charge on any atom is 0.192 e. The summed E-state index contributed by atoms with van der Waals surface area (Å²) in [7, 11) is 0. The Bertz CT molecular complexity index is 1130. The lowest BCUT2D eigenvalue weighted by atomic mass is 9.89. The van der Waals surface area contributed by atoms with Gasteiger partial charge in [-0.1, -0.05) is 6.92 Å². The third-order valence-corrected chi connectivity index (χ3v) is 6.07. The Morgan fingerprint density at radius 1 is 1.12 bits per heavy atom. The van der Waals surface area contributed by atoms with E-state index in [1.165, 1.54) is 12.1 Å². The summed E-state index contributed by atoms with van der Waals surface area (Å²) >= 11 is 0. The lowest BCUT2D eigenvalue weighted by molar-refractivity contribution is 0.0835. The van der Waals surface area contributed by atoms with Crippen molar-refractivity contribution in [3.63, 3.8) is 0 Å². The molecule has 1 aromatic heterocycles. The van der Waals surface area contributed by atoms with Gasteiger partial charge in [-0.25, -0.2) is 4.39 Å². The minimum absolute atomic E-state index is 0.00762. The monoisotopic (exact) mass is 437 g/mol. The molecule has 4 rings (SSSR count). The van der Waals surface area contributed by atoms with Crippen LogP contribution in [0.3, 0.4) is 0 Å². The molecule has 0 aliphatic carbocycles. The zero-order chi connectivity index (χ0) is 22.5. The Morgan fingerprint density at radius 3 is 2.59 bits per heavy atom. The molecule has 6 heteroatoms. The number of hydrogen-bond acceptors (Lipinski definition) is 5. The Morgan fingerprint density at radius 2 is 1.88 bits per heavy atom. The molecule has 0 radical (unpaired) electrons. The Balaban J connectivity index is 1.22. The molecule has 1 aliphatic rings. The van der Waals surface area contributed by atoms with E-state index in [0.29, 0.717) is 41.1 Å². The average Bonchev–Trinajstić information content (AvgIpc) is 2.82. The number of likely N-dealkylation sites (tertiary alicyclic amines) is 1. The van der Waals surface area contributed by atoms with Crippen molar-refractivity contribution in [2.45, 2.75) is 32.6 Å². The molecule has 0 amide bonds. The SMILES string of the molecule is CCc1cc(=O)c2ccc(OCCCN3CCC(C(=O)c4ccc(F)cc4)CC3)cc2o1. The topological polar surface area (TPSA) is 59.8 Å². The molecule has 0 atom stereocenters. The van der Waals surface area contributed by atoms with Crippen LogP contribution in [0.2, 0.25) is 0 Å². The van der Waals surface area contributed by atoms with E-state index >= 15 is 0 Å². The first kappa shape index (κ1) is 22.2. The summed E-state index contributed by atoms with van der Waals surface area (Å²) in [5.41, 5.74) is 1.12. The van der Waals surface area contributed by atoms with Gasteiger partial charge in [-0.3, -0.25) is 9.59 Å². The molecular weight excluding hydrogens is 409 g/mol. The van der Waals surface area contributed by atoms with Crippen LogP contribution in [-0.2, 0) is 6.42 Å². The van der Waals surface area contributed by atoms with Crippen molar-refractivity contribution >= 4 is 16.8 Å². The molecule has 0 unspecified atom stereocenters. The summed E-state index contributed by atoms with van der Waals surface area (Å²) < 4.78 is 24.7. The van der Waals surface area contributed by atoms with Gasteiger partial charge in [0.05, 0.1) is 12.0 Å². The minimum atomic E-state index is -0.322. The number of fused-ring (bicyclic) bond motifs is 1. The molecular formula is C26H28FNO4. The number of carbonyl (C=O) groups excluding carboxylic acids is 1. The Labute approximate surface area is 186 Å². The Hall–Kier alpha value is -2.99. The standard InChI is InChI=1S/C26H28FNO4/c1-2-21-16-24(29)23-9-8-22(17-25(23)32-21)31-15-3-12-28-13-10-19(11-14-28)26(30)18-4-6-20(27)7-5-18/h4-9,16-17,19H,2-3,10-15H2,1H3. The summed E-state index contributed by atoms with van der Waals surface area (Å²) in [5, 5.41) is 0.563. The number of piperidine rings is 1. The fraction of sp³-hybridized carbons (Fsp3) is 0.385. The van der Waals surface area contributed by atoms with Gasteiger partial charge in [0.1, 0.15) is 22.9 Å². The van der Waals surface area contributed by atoms with E-state index in [1.807, 2.05) is 6.92 Å². The van der Waals surface area contributed by atoms with E-state index in [1.54, 1.807) is 36.4 Å². The van der Waals surface area contributed by atoms with Crippen LogP contribution < -0.4 is 10.2 Å². The van der Waals surface area contributed by atoms with Gasteiger partial charge in [0, 0.05) is 36.6 Å². The minimum Gasteiger partial charge on any atom is -0.493 e. The summed E-state index contributed by atoms with van der Waals surface area (Å²) in [6.07, 6.45) is 3.18. The highest BCUT2D eigenvalue weighted by Gasteiger charge is 2.25. The quantitative estimate of drug-likeness (QED) is 0.372. The van der Waals surface area contributed by atoms with Crippen LogP contribution in [0.25, 0.3) is 11.0 Å². The van der Waals surface area contributed by atoms with Gasteiger partial charge in [-0.2, -0.15) is 0 Å². The first-order valence-corrected chi connectivity index (χ1v) is 11.2. The first-order valence-electron chi connectivity index (χ1n) is 11.2. The molecule has 0 spiro atoms. The second kappa shape index (κ2) is 10.1. The molecule has 1 saturated heterocycles. The number of halogens is 1. The number of hydrogen-bond donors (Lipinski definition) is 0. The molecule has 32 heavy (non-hydrogen) atoms. The number of nitrogens with zero attached hydrogens (tertiary/aromatic N) is 1. The van der Waals surface area contributed by atoms with Crippen molar-refractivity contribution in [2.24, 2.45) is 5.92 Å². The van der Waals surface area contributed by atoms with Gasteiger partial charge >= 0.3 is 0 Å². The summed E-state index contributed by atoms with van der Waals surface area (Å²) in [5.74, 6) is 1.16. The zero-order valence-corrected chi connectivity index (χ0v) is 18.3. The predicted octanol–water partition coefficient (Wildman–Crippen LogP) is 4.86. The molecule has 168 valence electrons. The van der Waals surface area contributed by atoms with Gasteiger partial charge in [0.25, 0.3) is 0 Å². The van der Waals surface area contributed by atoms with E-state index < -0.39 is 0 Å². The number of aryl methyl sites for hydroxylation is 1. The van der Waals surface area contributed by atoms with Gasteiger partial charge < -0.3 is 14.1 Å². The lowest BCUT2D eigenvalue weighted by Gasteiger charge is -2.31. The highest BCUT2D eigenvalue weighted by molar-refractivity contribution is 5.97. The van der Waals surface area contributed by atoms with Crippen LogP contribution in [0.15, 0.2) is 57.7 Å². The van der Waals surface area contributed by atoms with Crippen molar-refractivity contribution in [1.82, 2.24) is 4.90 Å². The van der Waals surface area contributed by atoms with Gasteiger partial charge in [0.15, 0.2) is 11.2 Å². The molecule has 5 nitrogen and oxygen atoms in total. The summed E-state index contributed by atoms with van der Waals surface area (Å²) in [4.78, 5) is 27.1. The molecule has 0 saturated carbocycles. The second-order valence-corrected chi connectivity index (χ2v) is 8.28. The van der Waals surface area contributed by atoms with Crippen LogP contribution in [-0.4, -0.2) is 36.9 Å². The molecule has 1 aliphatic heterocycles. The first-order chi connectivity index (χ1) is 15.5. The van der Waals surface area contributed by atoms with E-state index in [2.05, 4.69) is 4.90 Å². The van der Waals surface area contributed by atoms with Crippen molar-refractivity contribution in [2.75, 3.05) is 26.2 Å². The number of rotatable bonds is 8. The van der Waals surface area contributed by atoms with Crippen LogP contribution in [0.4, 0.5) is 4.39 Å². The van der Waals surface area contributed by atoms with Crippen molar-refractivity contribution < 1.29 is 18.3 Å². The fourth-order valence-corrected chi connectivity index (χ4v) is 4.20. The summed E-state index contributed by atoms with van der Waals surface area (Å²) in [6, 6.07) is 12.7. The maximum atomic E-state index is 13.1. The number of carbonyl (C=O) groups is 1. The number of Topliss-reactive ketones (excluding diaryl/α,β-unsaturated/α-hetero) is 1. The number of benzene rings is 2. The third kappa shape index (κ3) is 5.25. The van der Waals surface area contributed by atoms with Gasteiger partial charge in [0.2, 0.25) is 0 Å². The third-order valence-electron chi connectivity index (χ3n) is 6.07. The largest absolute Gasteiger partial charge is 0.493 e. The van der Waals surface area contributed by atoms with Gasteiger partial charge in [-0.05, 0) is 68.8 Å². The highest BCUT2D eigenvalue weighted by Crippen LogP contribution is 2.23. The number of ketones is 1. The lowest BCUT2D eigenvalue weighted by Crippen LogP contribution is -2.37. The fourth-order valence-electron chi connectivity index (χ4n) is 4.20. The van der Waals surface area contributed by atoms with Crippen LogP contribution >= 0.6 is 0 Å². The predicted molar refractivity (Wildman–Crippen MR) is 122 cm³/mol. The van der Waals surface area contributed by atoms with Crippen molar-refractivity contribution in [3.8, 4) is 5.75 Å². The van der Waals surface area contributed by atoms with Crippen LogP contribution in [0, 0.1) is 11.7 Å². The molecule has 0 N–H and O–H groups in total. The van der Waals surface area contributed by atoms with E-state index in [-0.39, 0.29) is 22.9 Å². The molecule has 3 aromatic rings. The smallest absolute Gasteiger partial charge is 0.192 e. The summed E-state index contributed by atoms with van der Waals surface area (Å²) in [6.45, 7) is 5.17. The molecule has 1 fully saturated rings. The zero-order valence-electron chi connectivity index (χ0n) is 18.3. The average molecular weight is 438 g/mol. The normalized spacial score (nSPS) is 15.2. The maximum absolute atomic E-state index is 13.1.